The van der Waals surface area contributed by atoms with E-state index < -0.39 is 0 Å². The minimum atomic E-state index is -0.303. The molecule has 16 heavy (non-hydrogen) atoms. The van der Waals surface area contributed by atoms with Gasteiger partial charge in [0.1, 0.15) is 12.0 Å². The molecule has 1 rings (SSSR count). The lowest BCUT2D eigenvalue weighted by Crippen LogP contribution is -2.08. The molecule has 0 aliphatic carbocycles. The van der Waals surface area contributed by atoms with Crippen molar-refractivity contribution >= 4 is 23.9 Å². The molecule has 0 N–H and O–H groups in total. The van der Waals surface area contributed by atoms with Crippen molar-refractivity contribution in [2.75, 3.05) is 5.88 Å². The van der Waals surface area contributed by atoms with Gasteiger partial charge < -0.3 is 4.74 Å². The Hall–Kier alpha value is -1.35. The fourth-order valence-corrected chi connectivity index (χ4v) is 1.38. The van der Waals surface area contributed by atoms with Crippen molar-refractivity contribution in [1.82, 2.24) is 0 Å². The molecule has 0 bridgehead atoms. The molecule has 0 saturated carbocycles. The number of ether oxygens (including phenoxy) is 1. The number of halogens is 1. The maximum Gasteiger partial charge on any atom is 0.311 e. The molecule has 0 unspecified atom stereocenters. The van der Waals surface area contributed by atoms with Crippen LogP contribution in [0.25, 0.3) is 0 Å². The van der Waals surface area contributed by atoms with Crippen molar-refractivity contribution in [3.05, 3.63) is 29.3 Å². The average molecular weight is 241 g/mol. The summed E-state index contributed by atoms with van der Waals surface area (Å²) < 4.78 is 5.13. The fraction of sp³-hybridized carbons (Fsp3) is 0.333. The largest absolute Gasteiger partial charge is 0.426 e. The summed E-state index contributed by atoms with van der Waals surface area (Å²) in [5.74, 6) is 0.630. The van der Waals surface area contributed by atoms with Crippen LogP contribution in [0.3, 0.4) is 0 Å². The Bertz CT molecular complexity index is 388. The molecule has 0 aliphatic rings. The first kappa shape index (κ1) is 12.7. The predicted molar refractivity (Wildman–Crippen MR) is 62.2 cm³/mol. The lowest BCUT2D eigenvalue weighted by molar-refractivity contribution is -0.134. The molecular weight excluding hydrogens is 228 g/mol. The molecule has 1 aromatic carbocycles. The molecule has 0 saturated heterocycles. The van der Waals surface area contributed by atoms with Crippen LogP contribution in [0.15, 0.2) is 18.2 Å². The number of esters is 1. The van der Waals surface area contributed by atoms with Gasteiger partial charge >= 0.3 is 5.97 Å². The molecule has 3 nitrogen and oxygen atoms in total. The normalized spacial score (nSPS) is 9.88. The van der Waals surface area contributed by atoms with Gasteiger partial charge in [0.25, 0.3) is 0 Å². The summed E-state index contributed by atoms with van der Waals surface area (Å²) in [5, 5.41) is 0. The zero-order valence-electron chi connectivity index (χ0n) is 9.03. The lowest BCUT2D eigenvalue weighted by atomic mass is 10.1. The summed E-state index contributed by atoms with van der Waals surface area (Å²) in [4.78, 5) is 21.8. The van der Waals surface area contributed by atoms with Crippen LogP contribution in [0.2, 0.25) is 0 Å². The summed E-state index contributed by atoms with van der Waals surface area (Å²) >= 11 is 5.47. The second-order valence-corrected chi connectivity index (χ2v) is 3.79. The first-order valence-electron chi connectivity index (χ1n) is 5.00. The van der Waals surface area contributed by atoms with Crippen molar-refractivity contribution in [2.45, 2.75) is 19.8 Å². The molecule has 0 atom stereocenters. The van der Waals surface area contributed by atoms with Crippen LogP contribution >= 0.6 is 11.6 Å². The Labute approximate surface area is 99.4 Å². The van der Waals surface area contributed by atoms with Crippen LogP contribution in [0.5, 0.6) is 5.75 Å². The average Bonchev–Trinajstić information content (AvgIpc) is 2.29. The smallest absolute Gasteiger partial charge is 0.311 e. The minimum absolute atomic E-state index is 0.303. The van der Waals surface area contributed by atoms with Crippen LogP contribution < -0.4 is 4.74 Å². The van der Waals surface area contributed by atoms with E-state index in [1.807, 2.05) is 0 Å². The molecular formula is C12H13ClO3. The Morgan fingerprint density at radius 1 is 1.50 bits per heavy atom. The predicted octanol–water partition coefficient (Wildman–Crippen LogP) is 2.73. The molecule has 0 aliphatic heterocycles. The van der Waals surface area contributed by atoms with E-state index in [0.717, 1.165) is 11.8 Å². The molecule has 0 fully saturated rings. The number of aldehydes is 1. The standard InChI is InChI=1S/C12H13ClO3/c1-9-7-10(8-14)4-5-11(9)16-12(15)3-2-6-13/h4-5,7-8H,2-3,6H2,1H3. The van der Waals surface area contributed by atoms with E-state index in [1.54, 1.807) is 25.1 Å². The van der Waals surface area contributed by atoms with Gasteiger partial charge in [0.15, 0.2) is 0 Å². The van der Waals surface area contributed by atoms with Gasteiger partial charge in [-0.2, -0.15) is 0 Å². The number of rotatable bonds is 5. The highest BCUT2D eigenvalue weighted by Gasteiger charge is 2.07. The second kappa shape index (κ2) is 6.28. The highest BCUT2D eigenvalue weighted by Crippen LogP contribution is 2.19. The van der Waals surface area contributed by atoms with E-state index in [2.05, 4.69) is 0 Å². The summed E-state index contributed by atoms with van der Waals surface area (Å²) in [6, 6.07) is 4.92. The zero-order chi connectivity index (χ0) is 12.0. The quantitative estimate of drug-likeness (QED) is 0.344. The first-order valence-corrected chi connectivity index (χ1v) is 5.53. The van der Waals surface area contributed by atoms with Crippen LogP contribution in [0, 0.1) is 6.92 Å². The maximum absolute atomic E-state index is 11.3. The summed E-state index contributed by atoms with van der Waals surface area (Å²) in [7, 11) is 0. The molecule has 1 aromatic rings. The molecule has 86 valence electrons. The van der Waals surface area contributed by atoms with E-state index >= 15 is 0 Å². The van der Waals surface area contributed by atoms with Crippen LogP contribution in [0.1, 0.15) is 28.8 Å². The Morgan fingerprint density at radius 2 is 2.25 bits per heavy atom. The second-order valence-electron chi connectivity index (χ2n) is 3.41. The number of carbonyl (C=O) groups excluding carboxylic acids is 2. The monoisotopic (exact) mass is 240 g/mol. The van der Waals surface area contributed by atoms with Crippen LogP contribution in [-0.4, -0.2) is 18.1 Å². The van der Waals surface area contributed by atoms with Crippen molar-refractivity contribution < 1.29 is 14.3 Å². The number of hydrogen-bond acceptors (Lipinski definition) is 3. The third-order valence-electron chi connectivity index (χ3n) is 2.07. The highest BCUT2D eigenvalue weighted by molar-refractivity contribution is 6.17. The van der Waals surface area contributed by atoms with Crippen LogP contribution in [-0.2, 0) is 4.79 Å². The number of hydrogen-bond donors (Lipinski definition) is 0. The molecule has 0 radical (unpaired) electrons. The van der Waals surface area contributed by atoms with Crippen LogP contribution in [0.4, 0.5) is 0 Å². The fourth-order valence-electron chi connectivity index (χ4n) is 1.25. The van der Waals surface area contributed by atoms with Gasteiger partial charge in [0.05, 0.1) is 0 Å². The van der Waals surface area contributed by atoms with Gasteiger partial charge in [-0.3, -0.25) is 9.59 Å². The molecule has 0 amide bonds. The Balaban J connectivity index is 2.67. The summed E-state index contributed by atoms with van der Waals surface area (Å²) in [5.41, 5.74) is 1.34. The third-order valence-corrected chi connectivity index (χ3v) is 2.34. The number of alkyl halides is 1. The van der Waals surface area contributed by atoms with E-state index in [-0.39, 0.29) is 5.97 Å². The van der Waals surface area contributed by atoms with E-state index in [4.69, 9.17) is 16.3 Å². The Kier molecular flexibility index (Phi) is 4.99. The number of carbonyl (C=O) groups is 2. The van der Waals surface area contributed by atoms with Crippen molar-refractivity contribution in [3.8, 4) is 5.75 Å². The highest BCUT2D eigenvalue weighted by atomic mass is 35.5. The maximum atomic E-state index is 11.3. The molecule has 0 aromatic heterocycles. The third kappa shape index (κ3) is 3.66. The molecule has 0 spiro atoms. The van der Waals surface area contributed by atoms with Crippen molar-refractivity contribution in [3.63, 3.8) is 0 Å². The topological polar surface area (TPSA) is 43.4 Å². The molecule has 4 heteroatoms. The van der Waals surface area contributed by atoms with Gasteiger partial charge in [-0.25, -0.2) is 0 Å². The zero-order valence-corrected chi connectivity index (χ0v) is 9.79. The van der Waals surface area contributed by atoms with Gasteiger partial charge in [-0.05, 0) is 37.1 Å². The van der Waals surface area contributed by atoms with E-state index in [9.17, 15) is 9.59 Å². The summed E-state index contributed by atoms with van der Waals surface area (Å²) in [6.45, 7) is 1.79. The van der Waals surface area contributed by atoms with Crippen molar-refractivity contribution in [1.29, 1.82) is 0 Å². The van der Waals surface area contributed by atoms with Gasteiger partial charge in [-0.1, -0.05) is 0 Å². The number of aryl methyl sites for hydroxylation is 1. The lowest BCUT2D eigenvalue weighted by Gasteiger charge is -2.07. The summed E-state index contributed by atoms with van der Waals surface area (Å²) in [6.07, 6.45) is 1.66. The van der Waals surface area contributed by atoms with E-state index in [0.29, 0.717) is 30.0 Å². The first-order chi connectivity index (χ1) is 7.67. The SMILES string of the molecule is Cc1cc(C=O)ccc1OC(=O)CCCCl. The van der Waals surface area contributed by atoms with Gasteiger partial charge in [0, 0.05) is 17.9 Å². The van der Waals surface area contributed by atoms with Crippen molar-refractivity contribution in [2.24, 2.45) is 0 Å². The van der Waals surface area contributed by atoms with Gasteiger partial charge in [0.2, 0.25) is 0 Å². The van der Waals surface area contributed by atoms with Gasteiger partial charge in [-0.15, -0.1) is 11.6 Å². The molecule has 0 heterocycles. The van der Waals surface area contributed by atoms with E-state index in [1.165, 1.54) is 0 Å². The Morgan fingerprint density at radius 3 is 2.81 bits per heavy atom. The number of benzene rings is 1. The minimum Gasteiger partial charge on any atom is -0.426 e.